The van der Waals surface area contributed by atoms with Crippen LogP contribution in [0.2, 0.25) is 0 Å². The number of benzene rings is 1. The Hall–Kier alpha value is -3.69. The van der Waals surface area contributed by atoms with E-state index < -0.39 is 17.3 Å². The van der Waals surface area contributed by atoms with Crippen molar-refractivity contribution in [3.05, 3.63) is 53.5 Å². The number of piperidine rings is 1. The highest BCUT2D eigenvalue weighted by atomic mass is 19.1. The van der Waals surface area contributed by atoms with Crippen molar-refractivity contribution in [2.24, 2.45) is 5.92 Å². The number of methoxy groups -OCH3 is 2. The first kappa shape index (κ1) is 24.4. The molecule has 0 radical (unpaired) electrons. The SMILES string of the molecule is COC(=O)c1c(F)cccc1N1CCC(CNC(=O)C2(NC(=O)c3ccnc(OC)c3)CC2)CC1. The number of esters is 1. The predicted molar refractivity (Wildman–Crippen MR) is 126 cm³/mol. The first-order valence-electron chi connectivity index (χ1n) is 11.6. The molecular weight excluding hydrogens is 455 g/mol. The van der Waals surface area contributed by atoms with Crippen molar-refractivity contribution >= 4 is 23.5 Å². The second-order valence-corrected chi connectivity index (χ2v) is 8.89. The fourth-order valence-corrected chi connectivity index (χ4v) is 4.35. The number of pyridine rings is 1. The molecule has 0 atom stereocenters. The second kappa shape index (κ2) is 10.3. The summed E-state index contributed by atoms with van der Waals surface area (Å²) in [4.78, 5) is 43.5. The third kappa shape index (κ3) is 5.36. The summed E-state index contributed by atoms with van der Waals surface area (Å²) >= 11 is 0. The summed E-state index contributed by atoms with van der Waals surface area (Å²) in [6.07, 6.45) is 4.20. The Morgan fingerprint density at radius 2 is 1.91 bits per heavy atom. The van der Waals surface area contributed by atoms with Gasteiger partial charge in [-0.1, -0.05) is 6.07 Å². The summed E-state index contributed by atoms with van der Waals surface area (Å²) in [5.41, 5.74) is -0.0377. The van der Waals surface area contributed by atoms with E-state index in [9.17, 15) is 18.8 Å². The maximum atomic E-state index is 14.3. The standard InChI is InChI=1S/C25H29FN4O5/c1-34-20-14-17(6-11-27-20)22(31)29-25(9-10-25)24(33)28-15-16-7-12-30(13-8-16)19-5-3-4-18(26)21(19)23(32)35-2/h3-6,11,14,16H,7-10,12-13,15H2,1-2H3,(H,28,33)(H,29,31). The third-order valence-corrected chi connectivity index (χ3v) is 6.63. The van der Waals surface area contributed by atoms with Crippen LogP contribution in [0, 0.1) is 11.7 Å². The fraction of sp³-hybridized carbons (Fsp3) is 0.440. The number of hydrogen-bond acceptors (Lipinski definition) is 7. The third-order valence-electron chi connectivity index (χ3n) is 6.63. The van der Waals surface area contributed by atoms with Gasteiger partial charge in [0.15, 0.2) is 0 Å². The Morgan fingerprint density at radius 3 is 2.57 bits per heavy atom. The quantitative estimate of drug-likeness (QED) is 0.554. The van der Waals surface area contributed by atoms with E-state index in [0.29, 0.717) is 49.6 Å². The lowest BCUT2D eigenvalue weighted by atomic mass is 9.95. The van der Waals surface area contributed by atoms with E-state index in [-0.39, 0.29) is 23.3 Å². The van der Waals surface area contributed by atoms with Crippen LogP contribution in [0.5, 0.6) is 5.88 Å². The maximum absolute atomic E-state index is 14.3. The summed E-state index contributed by atoms with van der Waals surface area (Å²) in [5.74, 6) is -1.27. The number of anilines is 1. The Morgan fingerprint density at radius 1 is 1.17 bits per heavy atom. The van der Waals surface area contributed by atoms with E-state index in [2.05, 4.69) is 15.6 Å². The molecule has 1 aliphatic carbocycles. The highest BCUT2D eigenvalue weighted by molar-refractivity contribution is 6.00. The highest BCUT2D eigenvalue weighted by Gasteiger charge is 2.51. The summed E-state index contributed by atoms with van der Waals surface area (Å²) in [6.45, 7) is 1.74. The molecule has 1 saturated heterocycles. The van der Waals surface area contributed by atoms with E-state index in [1.165, 1.54) is 32.5 Å². The van der Waals surface area contributed by atoms with Gasteiger partial charge in [0, 0.05) is 37.5 Å². The van der Waals surface area contributed by atoms with Gasteiger partial charge in [-0.25, -0.2) is 14.2 Å². The largest absolute Gasteiger partial charge is 0.481 e. The lowest BCUT2D eigenvalue weighted by molar-refractivity contribution is -0.124. The van der Waals surface area contributed by atoms with Gasteiger partial charge in [-0.05, 0) is 49.8 Å². The number of nitrogens with zero attached hydrogens (tertiary/aromatic N) is 2. The van der Waals surface area contributed by atoms with Crippen molar-refractivity contribution in [1.82, 2.24) is 15.6 Å². The number of hydrogen-bond donors (Lipinski definition) is 2. The topological polar surface area (TPSA) is 110 Å². The zero-order valence-corrected chi connectivity index (χ0v) is 19.8. The van der Waals surface area contributed by atoms with Gasteiger partial charge >= 0.3 is 5.97 Å². The van der Waals surface area contributed by atoms with Crippen LogP contribution in [0.25, 0.3) is 0 Å². The molecule has 2 fully saturated rings. The number of carbonyl (C=O) groups excluding carboxylic acids is 3. The van der Waals surface area contributed by atoms with Gasteiger partial charge in [-0.2, -0.15) is 0 Å². The number of aromatic nitrogens is 1. The minimum absolute atomic E-state index is 0.0556. The smallest absolute Gasteiger partial charge is 0.342 e. The molecular formula is C25H29FN4O5. The van der Waals surface area contributed by atoms with Crippen molar-refractivity contribution in [2.75, 3.05) is 38.8 Å². The Balaban J connectivity index is 1.29. The number of ether oxygens (including phenoxy) is 2. The lowest BCUT2D eigenvalue weighted by Crippen LogP contribution is -2.50. The van der Waals surface area contributed by atoms with Crippen molar-refractivity contribution in [1.29, 1.82) is 0 Å². The van der Waals surface area contributed by atoms with Gasteiger partial charge in [-0.3, -0.25) is 9.59 Å². The molecule has 0 unspecified atom stereocenters. The first-order valence-corrected chi connectivity index (χ1v) is 11.6. The number of halogens is 1. The maximum Gasteiger partial charge on any atom is 0.342 e. The van der Waals surface area contributed by atoms with Crippen molar-refractivity contribution in [2.45, 2.75) is 31.2 Å². The van der Waals surface area contributed by atoms with Gasteiger partial charge in [0.05, 0.1) is 19.9 Å². The average Bonchev–Trinajstić information content (AvgIpc) is 3.67. The van der Waals surface area contributed by atoms with Crippen LogP contribution >= 0.6 is 0 Å². The van der Waals surface area contributed by atoms with Gasteiger partial charge < -0.3 is 25.0 Å². The van der Waals surface area contributed by atoms with Gasteiger partial charge in [0.2, 0.25) is 11.8 Å². The van der Waals surface area contributed by atoms with Crippen LogP contribution in [0.4, 0.5) is 10.1 Å². The number of rotatable bonds is 8. The molecule has 10 heteroatoms. The van der Waals surface area contributed by atoms with E-state index in [4.69, 9.17) is 9.47 Å². The number of carbonyl (C=O) groups is 3. The minimum Gasteiger partial charge on any atom is -0.481 e. The molecule has 9 nitrogen and oxygen atoms in total. The molecule has 1 aromatic carbocycles. The van der Waals surface area contributed by atoms with E-state index in [1.807, 2.05) is 4.90 Å². The van der Waals surface area contributed by atoms with E-state index >= 15 is 0 Å². The normalized spacial score (nSPS) is 16.8. The van der Waals surface area contributed by atoms with Crippen LogP contribution in [0.15, 0.2) is 36.5 Å². The Bertz CT molecular complexity index is 1110. The molecule has 1 aromatic heterocycles. The highest BCUT2D eigenvalue weighted by Crippen LogP contribution is 2.36. The van der Waals surface area contributed by atoms with E-state index in [0.717, 1.165) is 12.8 Å². The van der Waals surface area contributed by atoms with Crippen LogP contribution in [-0.4, -0.2) is 62.2 Å². The van der Waals surface area contributed by atoms with Crippen molar-refractivity contribution in [3.8, 4) is 5.88 Å². The predicted octanol–water partition coefficient (Wildman–Crippen LogP) is 2.31. The summed E-state index contributed by atoms with van der Waals surface area (Å²) < 4.78 is 24.1. The molecule has 35 heavy (non-hydrogen) atoms. The van der Waals surface area contributed by atoms with Crippen LogP contribution in [-0.2, 0) is 9.53 Å². The van der Waals surface area contributed by atoms with Gasteiger partial charge in [0.1, 0.15) is 16.9 Å². The molecule has 2 aliphatic rings. The van der Waals surface area contributed by atoms with Crippen molar-refractivity contribution < 1.29 is 28.2 Å². The molecule has 2 heterocycles. The molecule has 2 N–H and O–H groups in total. The van der Waals surface area contributed by atoms with Crippen LogP contribution in [0.3, 0.4) is 0 Å². The van der Waals surface area contributed by atoms with Gasteiger partial charge in [-0.15, -0.1) is 0 Å². The Kier molecular flexibility index (Phi) is 7.18. The zero-order valence-electron chi connectivity index (χ0n) is 19.8. The monoisotopic (exact) mass is 484 g/mol. The average molecular weight is 485 g/mol. The summed E-state index contributed by atoms with van der Waals surface area (Å²) in [5, 5.41) is 5.85. The summed E-state index contributed by atoms with van der Waals surface area (Å²) in [7, 11) is 2.71. The molecule has 2 amide bonds. The fourth-order valence-electron chi connectivity index (χ4n) is 4.35. The molecule has 186 valence electrons. The number of nitrogens with one attached hydrogen (secondary N) is 2. The zero-order chi connectivity index (χ0) is 25.0. The van der Waals surface area contributed by atoms with Gasteiger partial charge in [0.25, 0.3) is 5.91 Å². The van der Waals surface area contributed by atoms with Crippen LogP contribution in [0.1, 0.15) is 46.4 Å². The lowest BCUT2D eigenvalue weighted by Gasteiger charge is -2.34. The molecule has 4 rings (SSSR count). The molecule has 1 aliphatic heterocycles. The Labute approximate surface area is 203 Å². The minimum atomic E-state index is -0.884. The van der Waals surface area contributed by atoms with Crippen molar-refractivity contribution in [3.63, 3.8) is 0 Å². The number of amides is 2. The summed E-state index contributed by atoms with van der Waals surface area (Å²) in [6, 6.07) is 7.64. The molecule has 1 saturated carbocycles. The van der Waals surface area contributed by atoms with E-state index in [1.54, 1.807) is 18.2 Å². The second-order valence-electron chi connectivity index (χ2n) is 8.89. The van der Waals surface area contributed by atoms with Crippen LogP contribution < -0.4 is 20.3 Å². The first-order chi connectivity index (χ1) is 16.9. The molecule has 2 aromatic rings. The molecule has 0 spiro atoms. The molecule has 0 bridgehead atoms.